The van der Waals surface area contributed by atoms with Gasteiger partial charge in [0.2, 0.25) is 0 Å². The highest BCUT2D eigenvalue weighted by molar-refractivity contribution is 7.93. The van der Waals surface area contributed by atoms with Crippen molar-refractivity contribution in [3.05, 3.63) is 53.2 Å². The van der Waals surface area contributed by atoms with E-state index in [-0.39, 0.29) is 16.3 Å². The van der Waals surface area contributed by atoms with Crippen LogP contribution in [0.25, 0.3) is 0 Å². The summed E-state index contributed by atoms with van der Waals surface area (Å²) in [6, 6.07) is 8.96. The van der Waals surface area contributed by atoms with Gasteiger partial charge in [-0.1, -0.05) is 24.3 Å². The summed E-state index contributed by atoms with van der Waals surface area (Å²) in [5.41, 5.74) is 5.64. The van der Waals surface area contributed by atoms with Crippen LogP contribution >= 0.6 is 11.3 Å². The molecular formula is C12H12FNO2S2. The van der Waals surface area contributed by atoms with E-state index >= 15 is 0 Å². The highest BCUT2D eigenvalue weighted by Gasteiger charge is 2.30. The number of halogens is 1. The molecule has 0 aliphatic heterocycles. The molecule has 0 aliphatic rings. The van der Waals surface area contributed by atoms with E-state index in [4.69, 9.17) is 5.73 Å². The number of thiophene rings is 1. The van der Waals surface area contributed by atoms with Gasteiger partial charge >= 0.3 is 0 Å². The topological polar surface area (TPSA) is 60.2 Å². The van der Waals surface area contributed by atoms with Crippen molar-refractivity contribution in [3.63, 3.8) is 0 Å². The molecule has 0 unspecified atom stereocenters. The first-order chi connectivity index (χ1) is 8.57. The molecule has 3 nitrogen and oxygen atoms in total. The molecule has 1 heterocycles. The van der Waals surface area contributed by atoms with Gasteiger partial charge in [-0.25, -0.2) is 12.8 Å². The molecule has 96 valence electrons. The lowest BCUT2D eigenvalue weighted by atomic mass is 10.1. The summed E-state index contributed by atoms with van der Waals surface area (Å²) in [5.74, 6) is -0.548. The molecule has 2 rings (SSSR count). The number of benzene rings is 1. The first kappa shape index (κ1) is 13.2. The first-order valence-corrected chi connectivity index (χ1v) is 7.72. The SMILES string of the molecule is NC[C@H](c1ccccc1F)S(=O)(=O)c1cccs1. The second-order valence-electron chi connectivity index (χ2n) is 3.72. The fourth-order valence-corrected chi connectivity index (χ4v) is 4.55. The highest BCUT2D eigenvalue weighted by Crippen LogP contribution is 2.31. The zero-order valence-corrected chi connectivity index (χ0v) is 11.0. The van der Waals surface area contributed by atoms with E-state index in [1.165, 1.54) is 24.3 Å². The molecule has 0 fully saturated rings. The molecule has 0 amide bonds. The van der Waals surface area contributed by atoms with Gasteiger partial charge in [0.1, 0.15) is 15.3 Å². The van der Waals surface area contributed by atoms with Crippen LogP contribution in [-0.2, 0) is 9.84 Å². The van der Waals surface area contributed by atoms with Gasteiger partial charge in [0, 0.05) is 12.1 Å². The minimum absolute atomic E-state index is 0.119. The van der Waals surface area contributed by atoms with Gasteiger partial charge in [-0.05, 0) is 17.5 Å². The van der Waals surface area contributed by atoms with Crippen molar-refractivity contribution in [2.45, 2.75) is 9.46 Å². The molecule has 2 aromatic rings. The van der Waals surface area contributed by atoms with Crippen LogP contribution in [0.5, 0.6) is 0 Å². The Morgan fingerprint density at radius 3 is 2.50 bits per heavy atom. The molecule has 1 atom stereocenters. The maximum atomic E-state index is 13.7. The van der Waals surface area contributed by atoms with Crippen LogP contribution in [0, 0.1) is 5.82 Å². The van der Waals surface area contributed by atoms with Crippen LogP contribution in [0.1, 0.15) is 10.8 Å². The van der Waals surface area contributed by atoms with Crippen molar-refractivity contribution >= 4 is 21.2 Å². The number of rotatable bonds is 4. The number of sulfone groups is 1. The Balaban J connectivity index is 2.51. The highest BCUT2D eigenvalue weighted by atomic mass is 32.2. The van der Waals surface area contributed by atoms with Gasteiger partial charge in [0.25, 0.3) is 0 Å². The van der Waals surface area contributed by atoms with Crippen molar-refractivity contribution in [2.24, 2.45) is 5.73 Å². The van der Waals surface area contributed by atoms with Gasteiger partial charge in [-0.2, -0.15) is 0 Å². The van der Waals surface area contributed by atoms with Crippen molar-refractivity contribution in [2.75, 3.05) is 6.54 Å². The molecule has 0 saturated carbocycles. The predicted octanol–water partition coefficient (Wildman–Crippen LogP) is 2.36. The van der Waals surface area contributed by atoms with Gasteiger partial charge in [0.05, 0.1) is 0 Å². The molecular weight excluding hydrogens is 273 g/mol. The van der Waals surface area contributed by atoms with Gasteiger partial charge in [0.15, 0.2) is 9.84 Å². The Bertz CT molecular complexity index is 623. The van der Waals surface area contributed by atoms with E-state index in [0.717, 1.165) is 11.3 Å². The predicted molar refractivity (Wildman–Crippen MR) is 69.7 cm³/mol. The molecule has 1 aromatic carbocycles. The fourth-order valence-electron chi connectivity index (χ4n) is 1.72. The molecule has 0 radical (unpaired) electrons. The standard InChI is InChI=1S/C12H12FNO2S2/c13-10-5-2-1-4-9(10)11(8-14)18(15,16)12-6-3-7-17-12/h1-7,11H,8,14H2/t11-/m1/s1. The van der Waals surface area contributed by atoms with Crippen LogP contribution in [-0.4, -0.2) is 15.0 Å². The van der Waals surface area contributed by atoms with Crippen molar-refractivity contribution in [3.8, 4) is 0 Å². The maximum Gasteiger partial charge on any atom is 0.196 e. The van der Waals surface area contributed by atoms with Crippen molar-refractivity contribution in [1.29, 1.82) is 0 Å². The smallest absolute Gasteiger partial charge is 0.196 e. The minimum Gasteiger partial charge on any atom is -0.329 e. The summed E-state index contributed by atoms with van der Waals surface area (Å²) < 4.78 is 38.6. The van der Waals surface area contributed by atoms with Crippen molar-refractivity contribution < 1.29 is 12.8 Å². The van der Waals surface area contributed by atoms with E-state index in [9.17, 15) is 12.8 Å². The van der Waals surface area contributed by atoms with E-state index in [0.29, 0.717) is 0 Å². The Morgan fingerprint density at radius 1 is 1.22 bits per heavy atom. The van der Waals surface area contributed by atoms with E-state index in [1.807, 2.05) is 0 Å². The number of nitrogens with two attached hydrogens (primary N) is 1. The van der Waals surface area contributed by atoms with Crippen LogP contribution in [0.4, 0.5) is 4.39 Å². The summed E-state index contributed by atoms with van der Waals surface area (Å²) in [6.45, 7) is -0.152. The Morgan fingerprint density at radius 2 is 1.94 bits per heavy atom. The molecule has 1 aromatic heterocycles. The van der Waals surface area contributed by atoms with Gasteiger partial charge in [-0.15, -0.1) is 11.3 Å². The molecule has 0 saturated heterocycles. The third kappa shape index (κ3) is 2.31. The molecule has 0 aliphatic carbocycles. The summed E-state index contributed by atoms with van der Waals surface area (Å²) in [6.07, 6.45) is 0. The Kier molecular flexibility index (Phi) is 3.79. The van der Waals surface area contributed by atoms with Gasteiger partial charge < -0.3 is 5.73 Å². The minimum atomic E-state index is -3.63. The van der Waals surface area contributed by atoms with Crippen molar-refractivity contribution in [1.82, 2.24) is 0 Å². The first-order valence-electron chi connectivity index (χ1n) is 5.29. The molecule has 6 heteroatoms. The normalized spacial score (nSPS) is 13.4. The number of hydrogen-bond acceptors (Lipinski definition) is 4. The second-order valence-corrected chi connectivity index (χ2v) is 7.03. The zero-order chi connectivity index (χ0) is 13.2. The Hall–Kier alpha value is -1.24. The lowest BCUT2D eigenvalue weighted by Gasteiger charge is -2.15. The third-order valence-corrected chi connectivity index (χ3v) is 6.16. The van der Waals surface area contributed by atoms with E-state index < -0.39 is 20.9 Å². The summed E-state index contributed by atoms with van der Waals surface area (Å²) in [7, 11) is -3.63. The maximum absolute atomic E-state index is 13.7. The summed E-state index contributed by atoms with van der Waals surface area (Å²) in [4.78, 5) is 0. The summed E-state index contributed by atoms with van der Waals surface area (Å²) in [5, 5.41) is 0.624. The lowest BCUT2D eigenvalue weighted by Crippen LogP contribution is -2.22. The van der Waals surface area contributed by atoms with E-state index in [2.05, 4.69) is 0 Å². The molecule has 0 spiro atoms. The average molecular weight is 285 g/mol. The monoisotopic (exact) mass is 285 g/mol. The fraction of sp³-hybridized carbons (Fsp3) is 0.167. The van der Waals surface area contributed by atoms with Gasteiger partial charge in [-0.3, -0.25) is 0 Å². The lowest BCUT2D eigenvalue weighted by molar-refractivity contribution is 0.570. The van der Waals surface area contributed by atoms with Crippen LogP contribution in [0.15, 0.2) is 46.0 Å². The van der Waals surface area contributed by atoms with Crippen LogP contribution in [0.3, 0.4) is 0 Å². The second kappa shape index (κ2) is 5.17. The van der Waals surface area contributed by atoms with Crippen LogP contribution in [0.2, 0.25) is 0 Å². The third-order valence-electron chi connectivity index (χ3n) is 2.62. The van der Waals surface area contributed by atoms with E-state index in [1.54, 1.807) is 17.5 Å². The largest absolute Gasteiger partial charge is 0.329 e. The molecule has 0 bridgehead atoms. The quantitative estimate of drug-likeness (QED) is 0.938. The average Bonchev–Trinajstić information content (AvgIpc) is 2.86. The Labute approximate surface area is 109 Å². The van der Waals surface area contributed by atoms with Crippen LogP contribution < -0.4 is 5.73 Å². The molecule has 2 N–H and O–H groups in total. The number of hydrogen-bond donors (Lipinski definition) is 1. The molecule has 18 heavy (non-hydrogen) atoms. The zero-order valence-electron chi connectivity index (χ0n) is 9.41. The summed E-state index contributed by atoms with van der Waals surface area (Å²) >= 11 is 1.11.